The lowest BCUT2D eigenvalue weighted by Crippen LogP contribution is -2.31. The number of pyridine rings is 3. The molecule has 9 aromatic rings. The van der Waals surface area contributed by atoms with Crippen molar-refractivity contribution in [2.75, 3.05) is 0 Å². The number of hydrogen-bond donors (Lipinski definition) is 0. The van der Waals surface area contributed by atoms with E-state index in [4.69, 9.17) is 0 Å². The standard InChI is InChI=1S/C20H22N3.C19H20N3.C18H18N3/c1-14(2)20-21-12-11-18(22-20)16-9-10-19(23(4)13-16)17-8-6-5-7-15(17)3;1-4-19-20-12-11-17(21-19)15-9-10-18(22(3)13-15)16-8-6-5-7-14(16)2;1-13-6-4-5-7-16(13)18-9-8-15(12-21(18)3)17-10-11-19-14(2)20-17/h5-14H,1-4H3;5-13H,4H2,1-3H3;4-12H,1-3H3/q3*+1. The highest BCUT2D eigenvalue weighted by Gasteiger charge is 2.17. The Kier molecular flexibility index (Phi) is 15.0. The first-order chi connectivity index (χ1) is 31.9. The van der Waals surface area contributed by atoms with Gasteiger partial charge in [0.1, 0.15) is 38.6 Å². The van der Waals surface area contributed by atoms with E-state index in [1.807, 2.05) is 37.5 Å². The fourth-order valence-corrected chi connectivity index (χ4v) is 7.86. The van der Waals surface area contributed by atoms with Crippen LogP contribution in [0.1, 0.15) is 60.9 Å². The van der Waals surface area contributed by atoms with Gasteiger partial charge in [0, 0.05) is 65.8 Å². The van der Waals surface area contributed by atoms with Crippen molar-refractivity contribution < 1.29 is 13.7 Å². The molecule has 9 rings (SSSR count). The van der Waals surface area contributed by atoms with E-state index in [0.717, 1.165) is 57.7 Å². The van der Waals surface area contributed by atoms with Crippen molar-refractivity contribution in [1.29, 1.82) is 0 Å². The Bertz CT molecular complexity index is 3100. The van der Waals surface area contributed by atoms with Gasteiger partial charge in [0.15, 0.2) is 18.6 Å². The molecule has 0 saturated carbocycles. The van der Waals surface area contributed by atoms with Crippen molar-refractivity contribution in [2.45, 2.75) is 60.8 Å². The quantitative estimate of drug-likeness (QED) is 0.141. The van der Waals surface area contributed by atoms with Gasteiger partial charge >= 0.3 is 0 Å². The van der Waals surface area contributed by atoms with Crippen LogP contribution in [0.5, 0.6) is 0 Å². The third-order valence-corrected chi connectivity index (χ3v) is 11.5. The predicted molar refractivity (Wildman–Crippen MR) is 265 cm³/mol. The molecular formula is C57H60N9+3. The second kappa shape index (κ2) is 21.4. The van der Waals surface area contributed by atoms with Crippen LogP contribution in [-0.4, -0.2) is 29.9 Å². The molecule has 0 aliphatic rings. The van der Waals surface area contributed by atoms with Crippen molar-refractivity contribution in [3.8, 4) is 67.5 Å². The summed E-state index contributed by atoms with van der Waals surface area (Å²) < 4.78 is 6.47. The average Bonchev–Trinajstić information content (AvgIpc) is 3.33. The fourth-order valence-electron chi connectivity index (χ4n) is 7.86. The highest BCUT2D eigenvalue weighted by atomic mass is 14.9. The number of benzene rings is 3. The molecule has 66 heavy (non-hydrogen) atoms. The van der Waals surface area contributed by atoms with Crippen LogP contribution < -0.4 is 13.7 Å². The Labute approximate surface area is 390 Å². The van der Waals surface area contributed by atoms with E-state index in [-0.39, 0.29) is 0 Å². The monoisotopic (exact) mass is 870 g/mol. The average molecular weight is 871 g/mol. The van der Waals surface area contributed by atoms with Crippen LogP contribution in [0.3, 0.4) is 0 Å². The van der Waals surface area contributed by atoms with Crippen LogP contribution in [-0.2, 0) is 27.6 Å². The van der Waals surface area contributed by atoms with Crippen molar-refractivity contribution >= 4 is 0 Å². The molecule has 0 N–H and O–H groups in total. The van der Waals surface area contributed by atoms with Gasteiger partial charge in [-0.3, -0.25) is 0 Å². The summed E-state index contributed by atoms with van der Waals surface area (Å²) in [7, 11) is 6.22. The maximum Gasteiger partial charge on any atom is 0.212 e. The molecule has 0 amide bonds. The zero-order valence-corrected chi connectivity index (χ0v) is 39.9. The molecule has 6 aromatic heterocycles. The number of nitrogens with zero attached hydrogens (tertiary/aromatic N) is 9. The number of aryl methyl sites for hydroxylation is 8. The van der Waals surface area contributed by atoms with Crippen LogP contribution in [0.2, 0.25) is 0 Å². The molecule has 0 spiro atoms. The summed E-state index contributed by atoms with van der Waals surface area (Å²) in [6.07, 6.45) is 12.7. The lowest BCUT2D eigenvalue weighted by atomic mass is 10.0. The van der Waals surface area contributed by atoms with E-state index in [9.17, 15) is 0 Å². The Balaban J connectivity index is 0.000000147. The number of rotatable bonds is 8. The first kappa shape index (κ1) is 46.3. The van der Waals surface area contributed by atoms with Gasteiger partial charge in [-0.25, -0.2) is 43.6 Å². The van der Waals surface area contributed by atoms with E-state index in [2.05, 4.69) is 234 Å². The van der Waals surface area contributed by atoms with Crippen LogP contribution in [0, 0.1) is 27.7 Å². The Morgan fingerprint density at radius 1 is 0.424 bits per heavy atom. The van der Waals surface area contributed by atoms with Gasteiger partial charge < -0.3 is 0 Å². The highest BCUT2D eigenvalue weighted by Crippen LogP contribution is 2.26. The van der Waals surface area contributed by atoms with Crippen molar-refractivity contribution in [3.63, 3.8) is 0 Å². The molecule has 0 bridgehead atoms. The van der Waals surface area contributed by atoms with Crippen LogP contribution >= 0.6 is 0 Å². The molecular weight excluding hydrogens is 811 g/mol. The van der Waals surface area contributed by atoms with Gasteiger partial charge in [0.05, 0.1) is 33.8 Å². The van der Waals surface area contributed by atoms with Gasteiger partial charge in [-0.1, -0.05) is 75.4 Å². The van der Waals surface area contributed by atoms with Crippen LogP contribution in [0.4, 0.5) is 0 Å². The van der Waals surface area contributed by atoms with E-state index in [1.165, 1.54) is 50.5 Å². The minimum atomic E-state index is 0.329. The molecule has 3 aromatic carbocycles. The van der Waals surface area contributed by atoms with Gasteiger partial charge in [0.2, 0.25) is 17.1 Å². The van der Waals surface area contributed by atoms with Crippen molar-refractivity contribution in [1.82, 2.24) is 29.9 Å². The topological polar surface area (TPSA) is 89.0 Å². The van der Waals surface area contributed by atoms with E-state index in [0.29, 0.717) is 5.92 Å². The zero-order valence-electron chi connectivity index (χ0n) is 39.9. The molecule has 0 radical (unpaired) electrons. The molecule has 0 saturated heterocycles. The number of hydrogen-bond acceptors (Lipinski definition) is 6. The molecule has 0 atom stereocenters. The van der Waals surface area contributed by atoms with Gasteiger partial charge in [-0.05, 0) is 99.0 Å². The summed E-state index contributed by atoms with van der Waals surface area (Å²) in [5.41, 5.74) is 17.4. The summed E-state index contributed by atoms with van der Waals surface area (Å²) in [6, 6.07) is 44.0. The zero-order chi connectivity index (χ0) is 46.7. The SMILES string of the molecule is CCc1nccc(-c2ccc(-c3ccccc3C)[n+](C)c2)n1.Cc1ccccc1-c1ccc(-c2ccnc(C(C)C)n2)c[n+]1C.Cc1nccc(-c2ccc(-c3ccccc3C)[n+](C)c2)n1. The van der Waals surface area contributed by atoms with Gasteiger partial charge in [-0.15, -0.1) is 0 Å². The van der Waals surface area contributed by atoms with Crippen molar-refractivity contribution in [2.24, 2.45) is 21.1 Å². The molecule has 0 unspecified atom stereocenters. The molecule has 0 aliphatic heterocycles. The molecule has 9 heteroatoms. The Hall–Kier alpha value is -7.65. The normalized spacial score (nSPS) is 10.8. The summed E-state index contributed by atoms with van der Waals surface area (Å²) in [6.45, 7) is 14.6. The Morgan fingerprint density at radius 3 is 1.18 bits per heavy atom. The molecule has 0 fully saturated rings. The second-order valence-corrected chi connectivity index (χ2v) is 16.8. The molecule has 6 heterocycles. The van der Waals surface area contributed by atoms with E-state index in [1.54, 1.807) is 6.20 Å². The molecule has 9 nitrogen and oxygen atoms in total. The summed E-state index contributed by atoms with van der Waals surface area (Å²) in [5.74, 6) is 2.88. The van der Waals surface area contributed by atoms with Crippen LogP contribution in [0.25, 0.3) is 67.5 Å². The first-order valence-corrected chi connectivity index (χ1v) is 22.5. The van der Waals surface area contributed by atoms with Gasteiger partial charge in [-0.2, -0.15) is 0 Å². The highest BCUT2D eigenvalue weighted by molar-refractivity contribution is 5.66. The van der Waals surface area contributed by atoms with Crippen LogP contribution in [0.15, 0.2) is 165 Å². The summed E-state index contributed by atoms with van der Waals surface area (Å²) in [5, 5.41) is 0. The number of aromatic nitrogens is 9. The first-order valence-electron chi connectivity index (χ1n) is 22.5. The third-order valence-electron chi connectivity index (χ3n) is 11.5. The Morgan fingerprint density at radius 2 is 0.803 bits per heavy atom. The van der Waals surface area contributed by atoms with Gasteiger partial charge in [0.25, 0.3) is 0 Å². The van der Waals surface area contributed by atoms with Crippen molar-refractivity contribution in [3.05, 3.63) is 199 Å². The lowest BCUT2D eigenvalue weighted by Gasteiger charge is -2.07. The largest absolute Gasteiger partial charge is 0.242 e. The maximum absolute atomic E-state index is 4.68. The summed E-state index contributed by atoms with van der Waals surface area (Å²) in [4.78, 5) is 26.5. The smallest absolute Gasteiger partial charge is 0.212 e. The maximum atomic E-state index is 4.68. The lowest BCUT2D eigenvalue weighted by molar-refractivity contribution is -0.660. The minimum Gasteiger partial charge on any atom is -0.242 e. The fraction of sp³-hybridized carbons (Fsp3) is 0.211. The summed E-state index contributed by atoms with van der Waals surface area (Å²) >= 11 is 0. The van der Waals surface area contributed by atoms with E-state index < -0.39 is 0 Å². The second-order valence-electron chi connectivity index (χ2n) is 16.8. The predicted octanol–water partition coefficient (Wildman–Crippen LogP) is 10.8. The van der Waals surface area contributed by atoms with E-state index >= 15 is 0 Å². The minimum absolute atomic E-state index is 0.329. The molecule has 330 valence electrons. The molecule has 0 aliphatic carbocycles. The third kappa shape index (κ3) is 11.2.